The number of anilines is 1. The molecule has 1 aliphatic heterocycles. The van der Waals surface area contributed by atoms with Gasteiger partial charge in [-0.1, -0.05) is 63.4 Å². The van der Waals surface area contributed by atoms with Crippen LogP contribution in [0.25, 0.3) is 0 Å². The first-order valence-electron chi connectivity index (χ1n) is 11.1. The molecule has 3 rings (SSSR count). The van der Waals surface area contributed by atoms with Crippen molar-refractivity contribution in [2.24, 2.45) is 10.9 Å². The van der Waals surface area contributed by atoms with E-state index in [0.29, 0.717) is 28.9 Å². The Labute approximate surface area is 191 Å². The van der Waals surface area contributed by atoms with E-state index >= 15 is 0 Å². The maximum atomic E-state index is 13.1. The van der Waals surface area contributed by atoms with E-state index in [1.807, 2.05) is 6.92 Å². The molecule has 1 unspecified atom stereocenters. The second-order valence-corrected chi connectivity index (χ2v) is 8.28. The molecule has 0 bridgehead atoms. The van der Waals surface area contributed by atoms with Crippen LogP contribution in [0.15, 0.2) is 53.5 Å². The maximum Gasteiger partial charge on any atom is 0.416 e. The summed E-state index contributed by atoms with van der Waals surface area (Å²) in [6, 6.07) is 11.7. The van der Waals surface area contributed by atoms with Crippen LogP contribution in [0.3, 0.4) is 0 Å². The average Bonchev–Trinajstić information content (AvgIpc) is 2.89. The van der Waals surface area contributed by atoms with Crippen molar-refractivity contribution in [3.05, 3.63) is 65.2 Å². The molecule has 0 saturated heterocycles. The van der Waals surface area contributed by atoms with Gasteiger partial charge in [-0.3, -0.25) is 9.59 Å². The molecule has 176 valence electrons. The van der Waals surface area contributed by atoms with Crippen LogP contribution in [0.5, 0.6) is 0 Å². The maximum absolute atomic E-state index is 13.1. The number of nitrogens with one attached hydrogen (secondary N) is 1. The van der Waals surface area contributed by atoms with Crippen molar-refractivity contribution < 1.29 is 22.8 Å². The van der Waals surface area contributed by atoms with Gasteiger partial charge in [-0.25, -0.2) is 4.99 Å². The van der Waals surface area contributed by atoms with E-state index in [2.05, 4.69) is 17.2 Å². The Morgan fingerprint density at radius 1 is 1.12 bits per heavy atom. The van der Waals surface area contributed by atoms with Crippen molar-refractivity contribution in [1.29, 1.82) is 0 Å². The molecule has 0 radical (unpaired) electrons. The van der Waals surface area contributed by atoms with Crippen molar-refractivity contribution in [3.63, 3.8) is 0 Å². The van der Waals surface area contributed by atoms with Gasteiger partial charge in [0, 0.05) is 24.1 Å². The summed E-state index contributed by atoms with van der Waals surface area (Å²) >= 11 is 0. The predicted octanol–water partition coefficient (Wildman–Crippen LogP) is 5.18. The number of hydrogen-bond acceptors (Lipinski definition) is 3. The number of unbranched alkanes of at least 4 members (excludes halogenated alkanes) is 2. The summed E-state index contributed by atoms with van der Waals surface area (Å²) in [5.41, 5.74) is 1.16. The highest BCUT2D eigenvalue weighted by molar-refractivity contribution is 6.20. The number of aliphatic imine (C=N–C) groups is 1. The number of rotatable bonds is 7. The Balaban J connectivity index is 1.98. The lowest BCUT2D eigenvalue weighted by atomic mass is 9.99. The minimum atomic E-state index is -4.46. The van der Waals surface area contributed by atoms with Crippen LogP contribution in [0.1, 0.15) is 56.2 Å². The van der Waals surface area contributed by atoms with Crippen LogP contribution in [-0.2, 0) is 15.8 Å². The Bertz CT molecular complexity index is 1030. The van der Waals surface area contributed by atoms with Crippen LogP contribution in [0.4, 0.5) is 18.9 Å². The molecule has 8 heteroatoms. The fraction of sp³-hybridized carbons (Fsp3) is 0.400. The van der Waals surface area contributed by atoms with Gasteiger partial charge in [-0.15, -0.1) is 0 Å². The fourth-order valence-corrected chi connectivity index (χ4v) is 3.77. The van der Waals surface area contributed by atoms with Crippen molar-refractivity contribution >= 4 is 23.2 Å². The largest absolute Gasteiger partial charge is 0.416 e. The molecule has 0 aromatic heterocycles. The number of carbonyl (C=O) groups is 2. The first-order valence-corrected chi connectivity index (χ1v) is 11.1. The number of nitrogens with zero attached hydrogens (tertiary/aromatic N) is 2. The highest BCUT2D eigenvalue weighted by atomic mass is 19.4. The van der Waals surface area contributed by atoms with Gasteiger partial charge in [-0.05, 0) is 24.6 Å². The zero-order chi connectivity index (χ0) is 24.2. The summed E-state index contributed by atoms with van der Waals surface area (Å²) in [5.74, 6) is -0.984. The quantitative estimate of drug-likeness (QED) is 0.580. The molecule has 0 fully saturated rings. The molecule has 2 aromatic carbocycles. The summed E-state index contributed by atoms with van der Waals surface area (Å²) in [4.78, 5) is 31.9. The van der Waals surface area contributed by atoms with Crippen LogP contribution in [0, 0.1) is 5.92 Å². The molecule has 1 heterocycles. The van der Waals surface area contributed by atoms with Gasteiger partial charge < -0.3 is 10.2 Å². The zero-order valence-electron chi connectivity index (χ0n) is 18.9. The monoisotopic (exact) mass is 459 g/mol. The van der Waals surface area contributed by atoms with Crippen molar-refractivity contribution in [1.82, 2.24) is 5.32 Å². The van der Waals surface area contributed by atoms with E-state index in [0.717, 1.165) is 31.4 Å². The molecular formula is C25H28F3N3O2. The number of amides is 2. The van der Waals surface area contributed by atoms with E-state index in [-0.39, 0.29) is 11.8 Å². The van der Waals surface area contributed by atoms with Gasteiger partial charge in [0.1, 0.15) is 0 Å². The molecule has 0 saturated carbocycles. The number of carbonyl (C=O) groups excluding carboxylic acids is 2. The number of halogens is 3. The van der Waals surface area contributed by atoms with Gasteiger partial charge in [0.25, 0.3) is 5.91 Å². The number of alkyl halides is 3. The lowest BCUT2D eigenvalue weighted by molar-refractivity contribution is -0.137. The second kappa shape index (κ2) is 10.2. The number of para-hydroxylation sites is 1. The van der Waals surface area contributed by atoms with Crippen molar-refractivity contribution in [3.8, 4) is 0 Å². The molecule has 2 atom stereocenters. The Kier molecular flexibility index (Phi) is 7.56. The molecular weight excluding hydrogens is 431 g/mol. The lowest BCUT2D eigenvalue weighted by Gasteiger charge is -2.22. The normalized spacial score (nSPS) is 17.2. The summed E-state index contributed by atoms with van der Waals surface area (Å²) in [6.07, 6.45) is -1.96. The summed E-state index contributed by atoms with van der Waals surface area (Å²) in [5, 5.41) is 2.74. The average molecular weight is 460 g/mol. The van der Waals surface area contributed by atoms with E-state index in [4.69, 9.17) is 0 Å². The first kappa shape index (κ1) is 24.5. The van der Waals surface area contributed by atoms with Gasteiger partial charge in [0.2, 0.25) is 12.1 Å². The molecule has 33 heavy (non-hydrogen) atoms. The van der Waals surface area contributed by atoms with E-state index in [9.17, 15) is 22.8 Å². The Hall–Kier alpha value is -3.16. The Morgan fingerprint density at radius 3 is 2.42 bits per heavy atom. The Morgan fingerprint density at radius 2 is 1.79 bits per heavy atom. The lowest BCUT2D eigenvalue weighted by Crippen LogP contribution is -2.47. The van der Waals surface area contributed by atoms with Gasteiger partial charge in [-0.2, -0.15) is 13.2 Å². The van der Waals surface area contributed by atoms with Crippen molar-refractivity contribution in [2.75, 3.05) is 11.9 Å². The molecule has 0 aliphatic carbocycles. The number of benzodiazepines with no additional fused rings is 1. The third-order valence-electron chi connectivity index (χ3n) is 5.80. The standard InChI is InChI=1S/C25H28F3N3O2/c1-4-5-6-9-16(2)23(32)30-22-24(33)31(3)20-11-8-7-10-19(20)21(29-22)17-12-14-18(15-13-17)25(26,27)28/h7-8,10-16,22H,4-6,9H2,1-3H3,(H,30,32)/t16-,22?/m1/s1. The van der Waals surface area contributed by atoms with Crippen LogP contribution in [0.2, 0.25) is 0 Å². The van der Waals surface area contributed by atoms with E-state index < -0.39 is 23.8 Å². The van der Waals surface area contributed by atoms with Crippen LogP contribution in [-0.4, -0.2) is 30.7 Å². The number of benzene rings is 2. The molecule has 2 amide bonds. The fourth-order valence-electron chi connectivity index (χ4n) is 3.77. The van der Waals surface area contributed by atoms with Crippen LogP contribution < -0.4 is 10.2 Å². The number of fused-ring (bicyclic) bond motifs is 1. The smallest absolute Gasteiger partial charge is 0.326 e. The zero-order valence-corrected chi connectivity index (χ0v) is 18.9. The summed E-state index contributed by atoms with van der Waals surface area (Å²) in [7, 11) is 1.59. The molecule has 2 aromatic rings. The molecule has 5 nitrogen and oxygen atoms in total. The molecule has 1 aliphatic rings. The van der Waals surface area contributed by atoms with Crippen LogP contribution >= 0.6 is 0 Å². The third-order valence-corrected chi connectivity index (χ3v) is 5.80. The van der Waals surface area contributed by atoms with Gasteiger partial charge >= 0.3 is 6.18 Å². The predicted molar refractivity (Wildman–Crippen MR) is 122 cm³/mol. The summed E-state index contributed by atoms with van der Waals surface area (Å²) in [6.45, 7) is 3.89. The topological polar surface area (TPSA) is 61.8 Å². The summed E-state index contributed by atoms with van der Waals surface area (Å²) < 4.78 is 39.1. The van der Waals surface area contributed by atoms with Gasteiger partial charge in [0.05, 0.1) is 17.0 Å². The number of likely N-dealkylation sites (N-methyl/N-ethyl adjacent to an activating group) is 1. The highest BCUT2D eigenvalue weighted by Crippen LogP contribution is 2.31. The third kappa shape index (κ3) is 5.61. The van der Waals surface area contributed by atoms with E-state index in [1.54, 1.807) is 31.3 Å². The van der Waals surface area contributed by atoms with Crippen molar-refractivity contribution in [2.45, 2.75) is 51.9 Å². The minimum Gasteiger partial charge on any atom is -0.326 e. The SMILES string of the molecule is CCCCC[C@@H](C)C(=O)NC1N=C(c2ccc(C(F)(F)F)cc2)c2ccccc2N(C)C1=O. The van der Waals surface area contributed by atoms with E-state index in [1.165, 1.54) is 17.0 Å². The second-order valence-electron chi connectivity index (χ2n) is 8.28. The van der Waals surface area contributed by atoms with Gasteiger partial charge in [0.15, 0.2) is 0 Å². The number of hydrogen-bond donors (Lipinski definition) is 1. The first-order chi connectivity index (χ1) is 15.6. The highest BCUT2D eigenvalue weighted by Gasteiger charge is 2.33. The molecule has 0 spiro atoms. The molecule has 1 N–H and O–H groups in total. The minimum absolute atomic E-state index is 0.278.